The monoisotopic (exact) mass is 612 g/mol. The van der Waals surface area contributed by atoms with Gasteiger partial charge in [-0.1, -0.05) is 152 Å². The molecule has 1 N–H and O–H groups in total. The predicted molar refractivity (Wildman–Crippen MR) is 199 cm³/mol. The maximum absolute atomic E-state index is 9.63. The summed E-state index contributed by atoms with van der Waals surface area (Å²) in [6.45, 7) is 9.46. The zero-order valence-electron chi connectivity index (χ0n) is 30.1. The molecule has 0 aliphatic carbocycles. The van der Waals surface area contributed by atoms with E-state index in [1.807, 2.05) is 0 Å². The number of hydrogen-bond acceptors (Lipinski definition) is 2. The Morgan fingerprint density at radius 2 is 0.841 bits per heavy atom. The fourth-order valence-corrected chi connectivity index (χ4v) is 6.66. The molecule has 1 aliphatic rings. The molecule has 0 unspecified atom stereocenters. The minimum absolute atomic E-state index is 0.298. The van der Waals surface area contributed by atoms with Gasteiger partial charge in [0.05, 0.1) is 6.61 Å². The Balaban J connectivity index is 2.07. The number of aliphatic hydroxyl groups is 1. The number of unbranched alkanes of at least 4 members (excludes halogenated alkanes) is 18. The number of aliphatic hydroxyl groups excluding tert-OH is 1. The summed E-state index contributed by atoms with van der Waals surface area (Å²) in [5, 5.41) is 9.63. The summed E-state index contributed by atoms with van der Waals surface area (Å²) in [5.74, 6) is 0. The van der Waals surface area contributed by atoms with Gasteiger partial charge >= 0.3 is 0 Å². The zero-order chi connectivity index (χ0) is 31.8. The van der Waals surface area contributed by atoms with Gasteiger partial charge in [-0.3, -0.25) is 4.90 Å². The Morgan fingerprint density at radius 1 is 0.500 bits per heavy atom. The molecule has 44 heavy (non-hydrogen) atoms. The van der Waals surface area contributed by atoms with Crippen LogP contribution in [0.1, 0.15) is 188 Å². The standard InChI is InChI=1S/C42H77NO/c1-4-6-8-10-12-14-16-18-20-22-24-26-28-30-32-34-36-42(39-43(40-42)41(3)38-44)37-35-33-31-29-27-25-23-21-19-17-15-13-11-9-7-5-2/h12-15,18-21,41,44H,4-11,16-17,22-40H2,1-3H3/b14-12-,15-13-,20-18-,21-19-/t41-/m0/s1. The normalized spacial score (nSPS) is 16.3. The average Bonchev–Trinajstić information content (AvgIpc) is 3.02. The molecule has 1 saturated heterocycles. The molecular formula is C42H77NO. The number of likely N-dealkylation sites (tertiary alicyclic amines) is 1. The second-order valence-corrected chi connectivity index (χ2v) is 14.1. The van der Waals surface area contributed by atoms with Gasteiger partial charge in [-0.25, -0.2) is 0 Å². The zero-order valence-corrected chi connectivity index (χ0v) is 30.1. The first kappa shape index (κ1) is 40.9. The summed E-state index contributed by atoms with van der Waals surface area (Å²) >= 11 is 0. The third-order valence-electron chi connectivity index (χ3n) is 9.78. The van der Waals surface area contributed by atoms with Gasteiger partial charge in [-0.15, -0.1) is 0 Å². The van der Waals surface area contributed by atoms with E-state index in [-0.39, 0.29) is 0 Å². The van der Waals surface area contributed by atoms with E-state index < -0.39 is 0 Å². The van der Waals surface area contributed by atoms with Crippen molar-refractivity contribution in [2.24, 2.45) is 5.41 Å². The van der Waals surface area contributed by atoms with Crippen molar-refractivity contribution < 1.29 is 5.11 Å². The summed E-state index contributed by atoms with van der Waals surface area (Å²) in [5.41, 5.74) is 0.536. The molecule has 256 valence electrons. The van der Waals surface area contributed by atoms with Crippen LogP contribution in [0.2, 0.25) is 0 Å². The van der Waals surface area contributed by atoms with Crippen LogP contribution < -0.4 is 0 Å². The molecule has 0 amide bonds. The van der Waals surface area contributed by atoms with Gasteiger partial charge in [0.1, 0.15) is 0 Å². The maximum Gasteiger partial charge on any atom is 0.0584 e. The molecule has 0 spiro atoms. The molecule has 0 aromatic carbocycles. The summed E-state index contributed by atoms with van der Waals surface area (Å²) < 4.78 is 0. The van der Waals surface area contributed by atoms with Crippen LogP contribution in [-0.4, -0.2) is 35.7 Å². The van der Waals surface area contributed by atoms with Crippen LogP contribution in [0.4, 0.5) is 0 Å². The topological polar surface area (TPSA) is 23.5 Å². The van der Waals surface area contributed by atoms with E-state index in [1.54, 1.807) is 0 Å². The fourth-order valence-electron chi connectivity index (χ4n) is 6.66. The second kappa shape index (κ2) is 30.5. The largest absolute Gasteiger partial charge is 0.395 e. The smallest absolute Gasteiger partial charge is 0.0584 e. The molecule has 0 aromatic rings. The van der Waals surface area contributed by atoms with Gasteiger partial charge in [-0.2, -0.15) is 0 Å². The maximum atomic E-state index is 9.63. The molecule has 1 heterocycles. The first-order valence-electron chi connectivity index (χ1n) is 19.6. The lowest BCUT2D eigenvalue weighted by atomic mass is 9.71. The van der Waals surface area contributed by atoms with E-state index in [9.17, 15) is 5.11 Å². The van der Waals surface area contributed by atoms with Gasteiger partial charge in [0.15, 0.2) is 0 Å². The van der Waals surface area contributed by atoms with Gasteiger partial charge in [0.2, 0.25) is 0 Å². The average molecular weight is 612 g/mol. The minimum Gasteiger partial charge on any atom is -0.395 e. The molecule has 1 fully saturated rings. The number of hydrogen-bond donors (Lipinski definition) is 1. The van der Waals surface area contributed by atoms with Crippen molar-refractivity contribution in [3.63, 3.8) is 0 Å². The van der Waals surface area contributed by atoms with Crippen LogP contribution in [0, 0.1) is 5.41 Å². The van der Waals surface area contributed by atoms with Gasteiger partial charge in [-0.05, 0) is 89.4 Å². The third kappa shape index (κ3) is 23.3. The Bertz CT molecular complexity index is 663. The van der Waals surface area contributed by atoms with Crippen LogP contribution in [0.3, 0.4) is 0 Å². The number of allylic oxidation sites excluding steroid dienone is 8. The van der Waals surface area contributed by atoms with Gasteiger partial charge < -0.3 is 5.11 Å². The highest BCUT2D eigenvalue weighted by molar-refractivity contribution is 4.97. The van der Waals surface area contributed by atoms with Crippen molar-refractivity contribution in [2.45, 2.75) is 194 Å². The predicted octanol–water partition coefficient (Wildman–Crippen LogP) is 13.1. The lowest BCUT2D eigenvalue weighted by Gasteiger charge is -2.53. The summed E-state index contributed by atoms with van der Waals surface area (Å²) in [6, 6.07) is 0.329. The summed E-state index contributed by atoms with van der Waals surface area (Å²) in [7, 11) is 0. The van der Waals surface area contributed by atoms with E-state index in [4.69, 9.17) is 0 Å². The molecule has 2 heteroatoms. The highest BCUT2D eigenvalue weighted by atomic mass is 16.3. The van der Waals surface area contributed by atoms with Crippen LogP contribution in [0.5, 0.6) is 0 Å². The molecule has 0 aromatic heterocycles. The van der Waals surface area contributed by atoms with Crippen molar-refractivity contribution >= 4 is 0 Å². The molecular weight excluding hydrogens is 534 g/mol. The highest BCUT2D eigenvalue weighted by Gasteiger charge is 2.43. The summed E-state index contributed by atoms with van der Waals surface area (Å²) in [6.07, 6.45) is 53.6. The fraction of sp³-hybridized carbons (Fsp3) is 0.810. The lowest BCUT2D eigenvalue weighted by Crippen LogP contribution is -2.59. The van der Waals surface area contributed by atoms with Crippen molar-refractivity contribution in [2.75, 3.05) is 19.7 Å². The van der Waals surface area contributed by atoms with Crippen LogP contribution in [0.25, 0.3) is 0 Å². The van der Waals surface area contributed by atoms with Crippen molar-refractivity contribution in [1.29, 1.82) is 0 Å². The summed E-state index contributed by atoms with van der Waals surface area (Å²) in [4.78, 5) is 2.52. The number of rotatable bonds is 32. The Labute approximate surface area is 276 Å². The highest BCUT2D eigenvalue weighted by Crippen LogP contribution is 2.41. The molecule has 2 nitrogen and oxygen atoms in total. The molecule has 0 radical (unpaired) electrons. The van der Waals surface area contributed by atoms with E-state index in [0.717, 1.165) is 12.8 Å². The van der Waals surface area contributed by atoms with E-state index in [1.165, 1.54) is 167 Å². The van der Waals surface area contributed by atoms with E-state index >= 15 is 0 Å². The van der Waals surface area contributed by atoms with Crippen LogP contribution in [0.15, 0.2) is 48.6 Å². The minimum atomic E-state index is 0.298. The van der Waals surface area contributed by atoms with Crippen molar-refractivity contribution in [1.82, 2.24) is 4.90 Å². The Hall–Kier alpha value is -1.12. The first-order valence-corrected chi connectivity index (χ1v) is 19.6. The van der Waals surface area contributed by atoms with Crippen molar-refractivity contribution in [3.05, 3.63) is 48.6 Å². The number of nitrogens with zero attached hydrogens (tertiary/aromatic N) is 1. The Kier molecular flexibility index (Phi) is 28.4. The van der Waals surface area contributed by atoms with E-state index in [2.05, 4.69) is 74.3 Å². The third-order valence-corrected chi connectivity index (χ3v) is 9.78. The SMILES string of the molecule is CCCCC/C=C\C/C=C\CCCCCCCCC1(CCCCCCCC/C=C\C/C=C\CCCCC)CN([C@@H](C)CO)C1. The molecule has 1 aliphatic heterocycles. The van der Waals surface area contributed by atoms with E-state index in [0.29, 0.717) is 18.1 Å². The first-order chi connectivity index (χ1) is 21.7. The Morgan fingerprint density at radius 3 is 1.20 bits per heavy atom. The van der Waals surface area contributed by atoms with Crippen LogP contribution >= 0.6 is 0 Å². The van der Waals surface area contributed by atoms with Crippen LogP contribution in [-0.2, 0) is 0 Å². The molecule has 1 atom stereocenters. The molecule has 1 rings (SSSR count). The second-order valence-electron chi connectivity index (χ2n) is 14.1. The van der Waals surface area contributed by atoms with Gasteiger partial charge in [0, 0.05) is 19.1 Å². The molecule has 0 bridgehead atoms. The molecule has 0 saturated carbocycles. The lowest BCUT2D eigenvalue weighted by molar-refractivity contribution is -0.0534. The van der Waals surface area contributed by atoms with Gasteiger partial charge in [0.25, 0.3) is 0 Å². The van der Waals surface area contributed by atoms with Crippen molar-refractivity contribution in [3.8, 4) is 0 Å². The quantitative estimate of drug-likeness (QED) is 0.0604.